The zero-order valence-corrected chi connectivity index (χ0v) is 21.9. The highest BCUT2D eigenvalue weighted by atomic mass is 35.5. The molecule has 2 amide bonds. The van der Waals surface area contributed by atoms with Crippen molar-refractivity contribution in [3.63, 3.8) is 0 Å². The number of fused-ring (bicyclic) bond motifs is 2. The lowest BCUT2D eigenvalue weighted by atomic mass is 9.96. The van der Waals surface area contributed by atoms with Crippen LogP contribution in [0.2, 0.25) is 10.0 Å². The van der Waals surface area contributed by atoms with E-state index in [0.717, 1.165) is 25.1 Å². The number of nitrogens with one attached hydrogen (secondary N) is 2. The van der Waals surface area contributed by atoms with Gasteiger partial charge < -0.3 is 20.3 Å². The Morgan fingerprint density at radius 2 is 1.76 bits per heavy atom. The number of ether oxygens (including phenoxy) is 1. The third-order valence-corrected chi connectivity index (χ3v) is 7.00. The average molecular weight is 578 g/mol. The highest BCUT2D eigenvalue weighted by Crippen LogP contribution is 2.40. The van der Waals surface area contributed by atoms with E-state index in [2.05, 4.69) is 15.3 Å². The van der Waals surface area contributed by atoms with Crippen LogP contribution in [0, 0.1) is 5.82 Å². The standard InChI is InChI=1S/C24H25Cl2F4N5O3/c1-23(2,38-21-17(26)6-13(25)10-32-21)22(37)34-14-7-15-3-4-16(8-14)35(15)19-18(27)5-12(9-31-19)20(36)33-11-24(28,29)30/h5-6,9-10,14-16H,3-4,7-8,11H2,1-2H3,(H,33,36)(H,34,37)/t14-,15+,16-. The number of alkyl halides is 3. The highest BCUT2D eigenvalue weighted by molar-refractivity contribution is 6.35. The molecule has 3 atom stereocenters. The van der Waals surface area contributed by atoms with Crippen LogP contribution in [0.5, 0.6) is 5.88 Å². The molecule has 4 heterocycles. The van der Waals surface area contributed by atoms with Crippen molar-refractivity contribution in [2.45, 2.75) is 69.4 Å². The Balaban J connectivity index is 1.39. The molecule has 0 unspecified atom stereocenters. The summed E-state index contributed by atoms with van der Waals surface area (Å²) in [7, 11) is 0. The van der Waals surface area contributed by atoms with Gasteiger partial charge in [-0.05, 0) is 51.7 Å². The Hall–Kier alpha value is -2.86. The molecule has 14 heteroatoms. The fraction of sp³-hybridized carbons (Fsp3) is 0.500. The predicted molar refractivity (Wildman–Crippen MR) is 132 cm³/mol. The van der Waals surface area contributed by atoms with Gasteiger partial charge in [-0.3, -0.25) is 9.59 Å². The minimum atomic E-state index is -4.58. The van der Waals surface area contributed by atoms with Gasteiger partial charge in [-0.15, -0.1) is 0 Å². The number of amides is 2. The lowest BCUT2D eigenvalue weighted by Crippen LogP contribution is -2.55. The first-order valence-corrected chi connectivity index (χ1v) is 12.6. The summed E-state index contributed by atoms with van der Waals surface area (Å²) in [5.41, 5.74) is -1.60. The van der Waals surface area contributed by atoms with Crippen LogP contribution in [-0.4, -0.2) is 58.2 Å². The topological polar surface area (TPSA) is 96.4 Å². The van der Waals surface area contributed by atoms with Crippen LogP contribution < -0.4 is 20.3 Å². The van der Waals surface area contributed by atoms with Gasteiger partial charge in [-0.2, -0.15) is 13.2 Å². The molecule has 0 aromatic carbocycles. The van der Waals surface area contributed by atoms with E-state index in [4.69, 9.17) is 27.9 Å². The number of hydrogen-bond acceptors (Lipinski definition) is 6. The zero-order valence-electron chi connectivity index (χ0n) is 20.4. The van der Waals surface area contributed by atoms with E-state index in [9.17, 15) is 27.2 Å². The van der Waals surface area contributed by atoms with Crippen LogP contribution in [0.4, 0.5) is 23.4 Å². The maximum absolute atomic E-state index is 15.0. The molecular formula is C24H25Cl2F4N5O3. The summed E-state index contributed by atoms with van der Waals surface area (Å²) in [6.45, 7) is 1.65. The van der Waals surface area contributed by atoms with Gasteiger partial charge in [0.15, 0.2) is 17.2 Å². The predicted octanol–water partition coefficient (Wildman–Crippen LogP) is 4.69. The first kappa shape index (κ1) is 28.2. The van der Waals surface area contributed by atoms with E-state index in [-0.39, 0.29) is 46.3 Å². The number of rotatable bonds is 7. The molecule has 2 aliphatic rings. The van der Waals surface area contributed by atoms with Gasteiger partial charge in [-0.1, -0.05) is 23.2 Å². The van der Waals surface area contributed by atoms with E-state index in [0.29, 0.717) is 17.9 Å². The number of piperidine rings is 1. The minimum Gasteiger partial charge on any atom is -0.460 e. The molecule has 0 spiro atoms. The first-order chi connectivity index (χ1) is 17.7. The summed E-state index contributed by atoms with van der Waals surface area (Å²) in [5, 5.41) is 5.20. The number of nitrogens with zero attached hydrogens (tertiary/aromatic N) is 3. The molecule has 206 valence electrons. The van der Waals surface area contributed by atoms with Gasteiger partial charge in [0.25, 0.3) is 11.8 Å². The van der Waals surface area contributed by atoms with Crippen molar-refractivity contribution in [2.24, 2.45) is 0 Å². The summed E-state index contributed by atoms with van der Waals surface area (Å²) in [6.07, 6.45) is 0.375. The van der Waals surface area contributed by atoms with Crippen molar-refractivity contribution in [2.75, 3.05) is 11.4 Å². The molecule has 2 N–H and O–H groups in total. The molecule has 0 radical (unpaired) electrons. The largest absolute Gasteiger partial charge is 0.460 e. The summed E-state index contributed by atoms with van der Waals surface area (Å²) >= 11 is 12.0. The monoisotopic (exact) mass is 577 g/mol. The Bertz CT molecular complexity index is 1220. The second kappa shape index (κ2) is 10.7. The minimum absolute atomic E-state index is 0.0294. The zero-order chi connectivity index (χ0) is 27.8. The molecule has 0 saturated carbocycles. The van der Waals surface area contributed by atoms with Crippen molar-refractivity contribution >= 4 is 40.8 Å². The van der Waals surface area contributed by atoms with E-state index in [1.165, 1.54) is 12.3 Å². The van der Waals surface area contributed by atoms with E-state index in [1.54, 1.807) is 19.2 Å². The molecule has 2 aromatic heterocycles. The van der Waals surface area contributed by atoms with E-state index in [1.807, 2.05) is 4.90 Å². The van der Waals surface area contributed by atoms with Gasteiger partial charge in [0.05, 0.1) is 10.6 Å². The fourth-order valence-electron chi connectivity index (χ4n) is 4.79. The Morgan fingerprint density at radius 3 is 2.34 bits per heavy atom. The lowest BCUT2D eigenvalue weighted by Gasteiger charge is -2.40. The molecule has 38 heavy (non-hydrogen) atoms. The van der Waals surface area contributed by atoms with Crippen molar-refractivity contribution < 1.29 is 31.9 Å². The van der Waals surface area contributed by atoms with Crippen molar-refractivity contribution in [3.8, 4) is 5.88 Å². The molecule has 2 saturated heterocycles. The molecule has 2 bridgehead atoms. The number of hydrogen-bond donors (Lipinski definition) is 2. The second-order valence-electron chi connectivity index (χ2n) is 9.81. The van der Waals surface area contributed by atoms with Crippen LogP contribution in [-0.2, 0) is 4.79 Å². The van der Waals surface area contributed by atoms with Crippen LogP contribution in [0.1, 0.15) is 49.9 Å². The van der Waals surface area contributed by atoms with Gasteiger partial charge in [-0.25, -0.2) is 14.4 Å². The van der Waals surface area contributed by atoms with Gasteiger partial charge in [0.2, 0.25) is 5.88 Å². The third-order valence-electron chi connectivity index (χ3n) is 6.52. The molecule has 4 rings (SSSR count). The molecule has 2 aliphatic heterocycles. The second-order valence-corrected chi connectivity index (χ2v) is 10.7. The molecular weight excluding hydrogens is 553 g/mol. The number of carbonyl (C=O) groups is 2. The maximum Gasteiger partial charge on any atom is 0.405 e. The van der Waals surface area contributed by atoms with Gasteiger partial charge in [0, 0.05) is 30.5 Å². The fourth-order valence-corrected chi connectivity index (χ4v) is 5.21. The Kier molecular flexibility index (Phi) is 7.94. The average Bonchev–Trinajstić information content (AvgIpc) is 3.08. The summed E-state index contributed by atoms with van der Waals surface area (Å²) in [5.74, 6) is -2.14. The van der Waals surface area contributed by atoms with Crippen molar-refractivity contribution in [1.29, 1.82) is 0 Å². The van der Waals surface area contributed by atoms with Crippen LogP contribution in [0.15, 0.2) is 24.5 Å². The third kappa shape index (κ3) is 6.40. The Labute approximate surface area is 226 Å². The van der Waals surface area contributed by atoms with Gasteiger partial charge >= 0.3 is 6.18 Å². The molecule has 2 fully saturated rings. The van der Waals surface area contributed by atoms with E-state index >= 15 is 0 Å². The van der Waals surface area contributed by atoms with Crippen LogP contribution in [0.25, 0.3) is 0 Å². The summed E-state index contributed by atoms with van der Waals surface area (Å²) < 4.78 is 57.8. The number of aromatic nitrogens is 2. The summed E-state index contributed by atoms with van der Waals surface area (Å²) in [4.78, 5) is 34.9. The van der Waals surface area contributed by atoms with Gasteiger partial charge in [0.1, 0.15) is 11.6 Å². The number of pyridine rings is 2. The SMILES string of the molecule is CC(C)(Oc1ncc(Cl)cc1Cl)C(=O)N[C@H]1C[C@H]2CC[C@@H](C1)N2c1ncc(C(=O)NCC(F)(F)F)cc1F. The first-order valence-electron chi connectivity index (χ1n) is 11.8. The van der Waals surface area contributed by atoms with Crippen molar-refractivity contribution in [1.82, 2.24) is 20.6 Å². The normalized spacial score (nSPS) is 21.3. The number of carbonyl (C=O) groups excluding carboxylic acids is 2. The quantitative estimate of drug-likeness (QED) is 0.463. The Morgan fingerprint density at radius 1 is 1.11 bits per heavy atom. The molecule has 0 aliphatic carbocycles. The summed E-state index contributed by atoms with van der Waals surface area (Å²) in [6, 6.07) is 1.89. The maximum atomic E-state index is 15.0. The van der Waals surface area contributed by atoms with Crippen LogP contribution in [0.3, 0.4) is 0 Å². The van der Waals surface area contributed by atoms with Crippen molar-refractivity contribution in [3.05, 3.63) is 46.0 Å². The highest BCUT2D eigenvalue weighted by Gasteiger charge is 2.44. The van der Waals surface area contributed by atoms with E-state index < -0.39 is 30.0 Å². The van der Waals surface area contributed by atoms with Crippen LogP contribution >= 0.6 is 23.2 Å². The molecule has 8 nitrogen and oxygen atoms in total. The smallest absolute Gasteiger partial charge is 0.405 e. The molecule has 2 aromatic rings. The lowest BCUT2D eigenvalue weighted by molar-refractivity contribution is -0.135. The number of anilines is 1. The number of halogens is 6.